The van der Waals surface area contributed by atoms with Gasteiger partial charge in [-0.15, -0.1) is 11.8 Å². The quantitative estimate of drug-likeness (QED) is 0.559. The molecule has 128 valence electrons. The number of ketones is 1. The third kappa shape index (κ3) is 3.00. The molecule has 3 heterocycles. The van der Waals surface area contributed by atoms with E-state index in [9.17, 15) is 4.79 Å². The molecule has 1 aliphatic carbocycles. The third-order valence-electron chi connectivity index (χ3n) is 4.44. The van der Waals surface area contributed by atoms with E-state index in [4.69, 9.17) is 5.73 Å². The van der Waals surface area contributed by atoms with Crippen molar-refractivity contribution in [3.63, 3.8) is 0 Å². The minimum Gasteiger partial charge on any atom is -0.397 e. The van der Waals surface area contributed by atoms with Crippen LogP contribution in [0.25, 0.3) is 16.8 Å². The van der Waals surface area contributed by atoms with Crippen molar-refractivity contribution >= 4 is 28.9 Å². The van der Waals surface area contributed by atoms with Gasteiger partial charge in [-0.05, 0) is 43.4 Å². The Balaban J connectivity index is 1.81. The first-order chi connectivity index (χ1) is 12.0. The van der Waals surface area contributed by atoms with Crippen LogP contribution < -0.4 is 5.73 Å². The number of hydrogen-bond donors (Lipinski definition) is 1. The van der Waals surface area contributed by atoms with Gasteiger partial charge < -0.3 is 5.73 Å². The third-order valence-corrected chi connectivity index (χ3v) is 5.76. The fourth-order valence-corrected chi connectivity index (χ4v) is 4.04. The lowest BCUT2D eigenvalue weighted by molar-refractivity contribution is 0.101. The number of carbonyl (C=O) groups excluding carboxylic acids is 1. The molecule has 7 heteroatoms. The van der Waals surface area contributed by atoms with Crippen LogP contribution in [0.1, 0.15) is 35.8 Å². The van der Waals surface area contributed by atoms with Gasteiger partial charge in [-0.1, -0.05) is 0 Å². The van der Waals surface area contributed by atoms with Crippen molar-refractivity contribution in [2.24, 2.45) is 5.92 Å². The molecule has 25 heavy (non-hydrogen) atoms. The normalized spacial score (nSPS) is 14.2. The number of nitrogen functional groups attached to an aromatic ring is 1. The van der Waals surface area contributed by atoms with Gasteiger partial charge in [0.25, 0.3) is 0 Å². The number of pyridine rings is 2. The maximum atomic E-state index is 11.5. The zero-order chi connectivity index (χ0) is 17.6. The van der Waals surface area contributed by atoms with E-state index in [0.717, 1.165) is 39.0 Å². The van der Waals surface area contributed by atoms with Gasteiger partial charge in [0.2, 0.25) is 0 Å². The zero-order valence-corrected chi connectivity index (χ0v) is 15.0. The van der Waals surface area contributed by atoms with E-state index in [2.05, 4.69) is 15.1 Å². The number of anilines is 1. The molecule has 0 radical (unpaired) electrons. The summed E-state index contributed by atoms with van der Waals surface area (Å²) in [5, 5.41) is 5.31. The summed E-state index contributed by atoms with van der Waals surface area (Å²) < 4.78 is 1.82. The van der Waals surface area contributed by atoms with E-state index in [1.807, 2.05) is 17.5 Å². The minimum absolute atomic E-state index is 0.0476. The molecule has 0 aromatic carbocycles. The summed E-state index contributed by atoms with van der Waals surface area (Å²) in [6.07, 6.45) is 5.87. The second-order valence-electron chi connectivity index (χ2n) is 6.51. The van der Waals surface area contributed by atoms with Gasteiger partial charge in [0, 0.05) is 30.0 Å². The fraction of sp³-hybridized carbons (Fsp3) is 0.333. The van der Waals surface area contributed by atoms with E-state index in [-0.39, 0.29) is 5.78 Å². The lowest BCUT2D eigenvalue weighted by atomic mass is 10.0. The van der Waals surface area contributed by atoms with Gasteiger partial charge in [0.05, 0.1) is 5.69 Å². The number of aromatic nitrogens is 4. The highest BCUT2D eigenvalue weighted by molar-refractivity contribution is 7.99. The molecule has 6 nitrogen and oxygen atoms in total. The van der Waals surface area contributed by atoms with Crippen molar-refractivity contribution < 1.29 is 4.79 Å². The zero-order valence-electron chi connectivity index (χ0n) is 14.2. The van der Waals surface area contributed by atoms with Crippen LogP contribution in [0, 0.1) is 12.8 Å². The molecule has 0 spiro atoms. The number of thioether (sulfide) groups is 1. The Hall–Kier alpha value is -2.41. The van der Waals surface area contributed by atoms with Crippen LogP contribution in [0.15, 0.2) is 29.7 Å². The molecule has 2 N–H and O–H groups in total. The average Bonchev–Trinajstić information content (AvgIpc) is 3.28. The first kappa shape index (κ1) is 16.1. The van der Waals surface area contributed by atoms with Gasteiger partial charge in [0.15, 0.2) is 11.4 Å². The van der Waals surface area contributed by atoms with Crippen LogP contribution in [-0.4, -0.2) is 31.1 Å². The molecule has 0 unspecified atom stereocenters. The minimum atomic E-state index is -0.0476. The topological polar surface area (TPSA) is 86.2 Å². The van der Waals surface area contributed by atoms with Crippen molar-refractivity contribution in [2.75, 3.05) is 11.5 Å². The summed E-state index contributed by atoms with van der Waals surface area (Å²) in [6.45, 7) is 3.48. The smallest absolute Gasteiger partial charge is 0.178 e. The number of carbonyl (C=O) groups is 1. The van der Waals surface area contributed by atoms with Gasteiger partial charge >= 0.3 is 0 Å². The highest BCUT2D eigenvalue weighted by Gasteiger charge is 2.23. The van der Waals surface area contributed by atoms with Crippen molar-refractivity contribution in [3.05, 3.63) is 35.9 Å². The molecular formula is C18H19N5OS. The Morgan fingerprint density at radius 3 is 2.80 bits per heavy atom. The molecule has 0 amide bonds. The van der Waals surface area contributed by atoms with E-state index in [1.54, 1.807) is 30.4 Å². The second-order valence-corrected chi connectivity index (χ2v) is 7.52. The highest BCUT2D eigenvalue weighted by atomic mass is 32.2. The molecule has 0 atom stereocenters. The van der Waals surface area contributed by atoms with Crippen LogP contribution in [0.3, 0.4) is 0 Å². The fourth-order valence-electron chi connectivity index (χ4n) is 2.83. The predicted octanol–water partition coefficient (Wildman–Crippen LogP) is 3.39. The number of aryl methyl sites for hydroxylation is 1. The van der Waals surface area contributed by atoms with Crippen molar-refractivity contribution in [2.45, 2.75) is 31.7 Å². The van der Waals surface area contributed by atoms with Gasteiger partial charge in [-0.3, -0.25) is 9.78 Å². The summed E-state index contributed by atoms with van der Waals surface area (Å²) in [7, 11) is 0. The van der Waals surface area contributed by atoms with E-state index in [1.165, 1.54) is 19.8 Å². The van der Waals surface area contributed by atoms with Crippen molar-refractivity contribution in [1.29, 1.82) is 0 Å². The Bertz CT molecular complexity index is 977. The molecule has 3 aromatic heterocycles. The van der Waals surface area contributed by atoms with Crippen LogP contribution in [0.5, 0.6) is 0 Å². The molecule has 1 fully saturated rings. The monoisotopic (exact) mass is 353 g/mol. The summed E-state index contributed by atoms with van der Waals surface area (Å²) in [5.41, 5.74) is 11.0. The van der Waals surface area contributed by atoms with Gasteiger partial charge in [-0.25, -0.2) is 9.50 Å². The Morgan fingerprint density at radius 1 is 1.32 bits per heavy atom. The van der Waals surface area contributed by atoms with E-state index >= 15 is 0 Å². The number of nitrogens with zero attached hydrogens (tertiary/aromatic N) is 4. The van der Waals surface area contributed by atoms with Gasteiger partial charge in [-0.2, -0.15) is 5.10 Å². The lowest BCUT2D eigenvalue weighted by Gasteiger charge is -2.13. The molecule has 1 saturated carbocycles. The standard InChI is InChI=1S/C18H19N5OS/c1-10-5-16(11(2)24)20-7-14(10)13-6-15(19)18(25-8-12-3-4-12)23-17(13)21-9-22-23/h5-7,9,12H,3-4,8,19H2,1-2H3. The predicted molar refractivity (Wildman–Crippen MR) is 98.8 cm³/mol. The maximum Gasteiger partial charge on any atom is 0.178 e. The SMILES string of the molecule is CC(=O)c1cc(C)c(-c2cc(N)c(SCC3CC3)n3ncnc23)cn1. The number of fused-ring (bicyclic) bond motifs is 1. The number of Topliss-reactive ketones (excluding diaryl/α,β-unsaturated/α-hetero) is 1. The lowest BCUT2D eigenvalue weighted by Crippen LogP contribution is -2.03. The molecule has 0 saturated heterocycles. The summed E-state index contributed by atoms with van der Waals surface area (Å²) >= 11 is 1.74. The number of hydrogen-bond acceptors (Lipinski definition) is 6. The number of rotatable bonds is 5. The summed E-state index contributed by atoms with van der Waals surface area (Å²) in [6, 6.07) is 3.74. The van der Waals surface area contributed by atoms with Crippen LogP contribution >= 0.6 is 11.8 Å². The van der Waals surface area contributed by atoms with Crippen LogP contribution in [0.4, 0.5) is 5.69 Å². The number of nitrogens with two attached hydrogens (primary N) is 1. The Labute approximate surface area is 149 Å². The molecule has 1 aliphatic rings. The summed E-state index contributed by atoms with van der Waals surface area (Å²) in [4.78, 5) is 20.2. The Morgan fingerprint density at radius 2 is 2.12 bits per heavy atom. The van der Waals surface area contributed by atoms with Crippen LogP contribution in [0.2, 0.25) is 0 Å². The van der Waals surface area contributed by atoms with Crippen molar-refractivity contribution in [3.8, 4) is 11.1 Å². The van der Waals surface area contributed by atoms with E-state index in [0.29, 0.717) is 11.4 Å². The average molecular weight is 353 g/mol. The highest BCUT2D eigenvalue weighted by Crippen LogP contribution is 2.38. The molecule has 0 aliphatic heterocycles. The molecule has 3 aromatic rings. The van der Waals surface area contributed by atoms with Crippen LogP contribution in [-0.2, 0) is 0 Å². The molecule has 0 bridgehead atoms. The van der Waals surface area contributed by atoms with Gasteiger partial charge in [0.1, 0.15) is 17.0 Å². The summed E-state index contributed by atoms with van der Waals surface area (Å²) in [5.74, 6) is 1.81. The van der Waals surface area contributed by atoms with E-state index < -0.39 is 0 Å². The Kier molecular flexibility index (Phi) is 3.95. The molecule has 4 rings (SSSR count). The molecular weight excluding hydrogens is 334 g/mol. The maximum absolute atomic E-state index is 11.5. The first-order valence-electron chi connectivity index (χ1n) is 8.27. The largest absolute Gasteiger partial charge is 0.397 e. The first-order valence-corrected chi connectivity index (χ1v) is 9.26. The van der Waals surface area contributed by atoms with Crippen molar-refractivity contribution in [1.82, 2.24) is 19.6 Å². The second kappa shape index (κ2) is 6.15.